The maximum Gasteiger partial charge on any atom is 0.239 e. The summed E-state index contributed by atoms with van der Waals surface area (Å²) < 4.78 is 0. The highest BCUT2D eigenvalue weighted by atomic mass is 16.2. The number of carbonyl (C=O) groups excluding carboxylic acids is 2. The molecule has 0 bridgehead atoms. The molecule has 3 N–H and O–H groups in total. The van der Waals surface area contributed by atoms with Crippen LogP contribution in [0.4, 0.5) is 5.82 Å². The molecule has 1 saturated heterocycles. The van der Waals surface area contributed by atoms with Gasteiger partial charge in [0.25, 0.3) is 0 Å². The number of hydrogen-bond acceptors (Lipinski definition) is 4. The first-order valence-electron chi connectivity index (χ1n) is 8.45. The van der Waals surface area contributed by atoms with E-state index >= 15 is 0 Å². The molecule has 1 aromatic heterocycles. The number of nitrogens with one attached hydrogen (secondary N) is 1. The standard InChI is InChI=1S/C19H22N4O2/c20-18(24)17(14-7-2-1-3-8-14)23-12-6-9-15(13-23)19(25)22-16-10-4-5-11-21-16/h1-5,7-8,10-11,15,17H,6,9,12-13H2,(H2,20,24)(H,21,22,25)/t15-,17+/m1/s1. The molecule has 2 aromatic rings. The van der Waals surface area contributed by atoms with Crippen molar-refractivity contribution >= 4 is 17.6 Å². The van der Waals surface area contributed by atoms with Gasteiger partial charge in [-0.3, -0.25) is 14.5 Å². The third-order valence-corrected chi connectivity index (χ3v) is 4.49. The molecule has 0 saturated carbocycles. The number of amides is 2. The minimum absolute atomic E-state index is 0.0697. The van der Waals surface area contributed by atoms with Crippen LogP contribution in [-0.2, 0) is 9.59 Å². The number of anilines is 1. The quantitative estimate of drug-likeness (QED) is 0.872. The molecule has 2 atom stereocenters. The Labute approximate surface area is 147 Å². The van der Waals surface area contributed by atoms with Gasteiger partial charge < -0.3 is 11.1 Å². The van der Waals surface area contributed by atoms with E-state index in [2.05, 4.69) is 10.3 Å². The Morgan fingerprint density at radius 2 is 1.92 bits per heavy atom. The van der Waals surface area contributed by atoms with E-state index in [0.717, 1.165) is 24.9 Å². The molecule has 1 aliphatic rings. The van der Waals surface area contributed by atoms with E-state index in [9.17, 15) is 9.59 Å². The van der Waals surface area contributed by atoms with Crippen molar-refractivity contribution < 1.29 is 9.59 Å². The van der Waals surface area contributed by atoms with Gasteiger partial charge in [-0.1, -0.05) is 36.4 Å². The Kier molecular flexibility index (Phi) is 5.40. The number of primary amides is 1. The number of aromatic nitrogens is 1. The van der Waals surface area contributed by atoms with Crippen molar-refractivity contribution in [1.82, 2.24) is 9.88 Å². The highest BCUT2D eigenvalue weighted by Gasteiger charge is 2.33. The van der Waals surface area contributed by atoms with Gasteiger partial charge >= 0.3 is 0 Å². The molecule has 6 nitrogen and oxygen atoms in total. The SMILES string of the molecule is NC(=O)[C@H](c1ccccc1)N1CCC[C@@H](C(=O)Nc2ccccn2)C1. The zero-order valence-corrected chi connectivity index (χ0v) is 14.0. The van der Waals surface area contributed by atoms with Crippen LogP contribution in [0.15, 0.2) is 54.7 Å². The molecule has 130 valence electrons. The molecule has 25 heavy (non-hydrogen) atoms. The van der Waals surface area contributed by atoms with Gasteiger partial charge in [0.2, 0.25) is 11.8 Å². The van der Waals surface area contributed by atoms with Crippen molar-refractivity contribution in [3.8, 4) is 0 Å². The van der Waals surface area contributed by atoms with Gasteiger partial charge in [-0.15, -0.1) is 0 Å². The average Bonchev–Trinajstić information content (AvgIpc) is 2.63. The second-order valence-electron chi connectivity index (χ2n) is 6.25. The lowest BCUT2D eigenvalue weighted by molar-refractivity contribution is -0.127. The Balaban J connectivity index is 1.71. The first-order valence-corrected chi connectivity index (χ1v) is 8.45. The molecule has 1 fully saturated rings. The van der Waals surface area contributed by atoms with E-state index in [4.69, 9.17) is 5.73 Å². The highest BCUT2D eigenvalue weighted by Crippen LogP contribution is 2.27. The maximum atomic E-state index is 12.5. The lowest BCUT2D eigenvalue weighted by Gasteiger charge is -2.36. The second kappa shape index (κ2) is 7.90. The number of nitrogens with two attached hydrogens (primary N) is 1. The van der Waals surface area contributed by atoms with E-state index in [-0.39, 0.29) is 11.8 Å². The van der Waals surface area contributed by atoms with E-state index in [1.807, 2.05) is 41.3 Å². The summed E-state index contributed by atoms with van der Waals surface area (Å²) in [4.78, 5) is 30.7. The van der Waals surface area contributed by atoms with Crippen LogP contribution in [0.3, 0.4) is 0 Å². The third kappa shape index (κ3) is 4.22. The van der Waals surface area contributed by atoms with Gasteiger partial charge in [-0.05, 0) is 37.1 Å². The molecule has 3 rings (SSSR count). The van der Waals surface area contributed by atoms with Crippen molar-refractivity contribution in [2.24, 2.45) is 11.7 Å². The summed E-state index contributed by atoms with van der Waals surface area (Å²) in [5, 5.41) is 2.85. The van der Waals surface area contributed by atoms with Crippen LogP contribution in [0.5, 0.6) is 0 Å². The van der Waals surface area contributed by atoms with Crippen LogP contribution in [-0.4, -0.2) is 34.8 Å². The normalized spacial score (nSPS) is 19.1. The van der Waals surface area contributed by atoms with Crippen molar-refractivity contribution in [2.75, 3.05) is 18.4 Å². The van der Waals surface area contributed by atoms with E-state index in [0.29, 0.717) is 12.4 Å². The Morgan fingerprint density at radius 1 is 1.16 bits per heavy atom. The van der Waals surface area contributed by atoms with E-state index in [1.165, 1.54) is 0 Å². The number of rotatable bonds is 5. The average molecular weight is 338 g/mol. The molecular formula is C19H22N4O2. The van der Waals surface area contributed by atoms with Crippen molar-refractivity contribution in [2.45, 2.75) is 18.9 Å². The lowest BCUT2D eigenvalue weighted by Crippen LogP contribution is -2.46. The van der Waals surface area contributed by atoms with Gasteiger partial charge in [0, 0.05) is 12.7 Å². The molecule has 2 heterocycles. The monoisotopic (exact) mass is 338 g/mol. The predicted molar refractivity (Wildman–Crippen MR) is 95.5 cm³/mol. The highest BCUT2D eigenvalue weighted by molar-refractivity contribution is 5.92. The number of nitrogens with zero attached hydrogens (tertiary/aromatic N) is 2. The summed E-state index contributed by atoms with van der Waals surface area (Å²) in [5.41, 5.74) is 6.52. The van der Waals surface area contributed by atoms with Crippen LogP contribution in [0.1, 0.15) is 24.4 Å². The summed E-state index contributed by atoms with van der Waals surface area (Å²) in [6, 6.07) is 14.4. The smallest absolute Gasteiger partial charge is 0.239 e. The van der Waals surface area contributed by atoms with Crippen LogP contribution < -0.4 is 11.1 Å². The van der Waals surface area contributed by atoms with E-state index in [1.54, 1.807) is 18.3 Å². The van der Waals surface area contributed by atoms with Gasteiger partial charge in [-0.2, -0.15) is 0 Å². The molecular weight excluding hydrogens is 316 g/mol. The lowest BCUT2D eigenvalue weighted by atomic mass is 9.93. The van der Waals surface area contributed by atoms with Crippen LogP contribution in [0, 0.1) is 5.92 Å². The molecule has 2 amide bonds. The number of pyridine rings is 1. The zero-order valence-electron chi connectivity index (χ0n) is 14.0. The van der Waals surface area contributed by atoms with E-state index < -0.39 is 11.9 Å². The molecule has 1 aliphatic heterocycles. The zero-order chi connectivity index (χ0) is 17.6. The number of benzene rings is 1. The first-order chi connectivity index (χ1) is 12.1. The molecule has 0 spiro atoms. The number of piperidine rings is 1. The minimum Gasteiger partial charge on any atom is -0.368 e. The van der Waals surface area contributed by atoms with Crippen LogP contribution >= 0.6 is 0 Å². The molecule has 0 unspecified atom stereocenters. The Morgan fingerprint density at radius 3 is 2.60 bits per heavy atom. The molecule has 0 aliphatic carbocycles. The van der Waals surface area contributed by atoms with Gasteiger partial charge in [0.15, 0.2) is 0 Å². The minimum atomic E-state index is -0.508. The van der Waals surface area contributed by atoms with Crippen LogP contribution in [0.25, 0.3) is 0 Å². The Bertz CT molecular complexity index is 721. The molecule has 0 radical (unpaired) electrons. The van der Waals surface area contributed by atoms with Gasteiger partial charge in [0.05, 0.1) is 5.92 Å². The number of hydrogen-bond donors (Lipinski definition) is 2. The first kappa shape index (κ1) is 17.1. The van der Waals surface area contributed by atoms with Crippen LogP contribution in [0.2, 0.25) is 0 Å². The third-order valence-electron chi connectivity index (χ3n) is 4.49. The number of likely N-dealkylation sites (tertiary alicyclic amines) is 1. The molecule has 1 aromatic carbocycles. The Hall–Kier alpha value is -2.73. The summed E-state index contributed by atoms with van der Waals surface area (Å²) in [6.07, 6.45) is 3.27. The summed E-state index contributed by atoms with van der Waals surface area (Å²) in [7, 11) is 0. The topological polar surface area (TPSA) is 88.3 Å². The van der Waals surface area contributed by atoms with Crippen molar-refractivity contribution in [3.05, 3.63) is 60.3 Å². The predicted octanol–water partition coefficient (Wildman–Crippen LogP) is 1.96. The second-order valence-corrected chi connectivity index (χ2v) is 6.25. The largest absolute Gasteiger partial charge is 0.368 e. The fourth-order valence-electron chi connectivity index (χ4n) is 3.31. The summed E-state index contributed by atoms with van der Waals surface area (Å²) in [5.74, 6) is -0.114. The van der Waals surface area contributed by atoms with Gasteiger partial charge in [0.1, 0.15) is 11.9 Å². The summed E-state index contributed by atoms with van der Waals surface area (Å²) >= 11 is 0. The molecule has 6 heteroatoms. The van der Waals surface area contributed by atoms with Gasteiger partial charge in [-0.25, -0.2) is 4.98 Å². The maximum absolute atomic E-state index is 12.5. The fourth-order valence-corrected chi connectivity index (χ4v) is 3.31. The fraction of sp³-hybridized carbons (Fsp3) is 0.316. The van der Waals surface area contributed by atoms with Crippen molar-refractivity contribution in [3.63, 3.8) is 0 Å². The van der Waals surface area contributed by atoms with Crippen molar-refractivity contribution in [1.29, 1.82) is 0 Å². The number of carbonyl (C=O) groups is 2. The summed E-state index contributed by atoms with van der Waals surface area (Å²) in [6.45, 7) is 1.25.